The standard InChI is InChI=1S/C12H14FNO/c13-11-7-9-3-1-2-8(9)6-10(11)12(15)4-5-14/h6-7H,1-5,14H2. The Hall–Kier alpha value is -1.22. The van der Waals surface area contributed by atoms with Gasteiger partial charge in [0.05, 0.1) is 5.56 Å². The number of Topliss-reactive ketones (excluding diaryl/α,β-unsaturated/α-hetero) is 1. The molecule has 0 radical (unpaired) electrons. The first kappa shape index (κ1) is 10.3. The third kappa shape index (κ3) is 1.92. The lowest BCUT2D eigenvalue weighted by molar-refractivity contribution is 0.0981. The van der Waals surface area contributed by atoms with E-state index in [9.17, 15) is 9.18 Å². The highest BCUT2D eigenvalue weighted by Crippen LogP contribution is 2.25. The average molecular weight is 207 g/mol. The Labute approximate surface area is 88.3 Å². The van der Waals surface area contributed by atoms with E-state index >= 15 is 0 Å². The molecule has 2 nitrogen and oxygen atoms in total. The predicted octanol–water partition coefficient (Wildman–Crippen LogP) is 1.85. The number of rotatable bonds is 3. The molecule has 1 aromatic carbocycles. The first-order chi connectivity index (χ1) is 7.22. The smallest absolute Gasteiger partial charge is 0.167 e. The summed E-state index contributed by atoms with van der Waals surface area (Å²) in [6, 6.07) is 3.21. The van der Waals surface area contributed by atoms with Crippen LogP contribution in [0.4, 0.5) is 4.39 Å². The SMILES string of the molecule is NCCC(=O)c1cc2c(cc1F)CCC2. The first-order valence-corrected chi connectivity index (χ1v) is 5.27. The minimum Gasteiger partial charge on any atom is -0.330 e. The summed E-state index contributed by atoms with van der Waals surface area (Å²) in [7, 11) is 0. The highest BCUT2D eigenvalue weighted by Gasteiger charge is 2.18. The van der Waals surface area contributed by atoms with Crippen LogP contribution in [0.2, 0.25) is 0 Å². The van der Waals surface area contributed by atoms with Gasteiger partial charge in [-0.25, -0.2) is 4.39 Å². The maximum Gasteiger partial charge on any atom is 0.167 e. The number of halogens is 1. The molecule has 0 spiro atoms. The molecule has 0 atom stereocenters. The van der Waals surface area contributed by atoms with Crippen LogP contribution in [0.5, 0.6) is 0 Å². The molecular formula is C12H14FNO. The van der Waals surface area contributed by atoms with E-state index in [0.717, 1.165) is 30.4 Å². The molecule has 0 saturated heterocycles. The van der Waals surface area contributed by atoms with Gasteiger partial charge in [-0.05, 0) is 49.1 Å². The number of hydrogen-bond acceptors (Lipinski definition) is 2. The molecule has 0 heterocycles. The fourth-order valence-corrected chi connectivity index (χ4v) is 2.07. The zero-order valence-electron chi connectivity index (χ0n) is 8.55. The van der Waals surface area contributed by atoms with Crippen LogP contribution in [-0.2, 0) is 12.8 Å². The third-order valence-electron chi connectivity index (χ3n) is 2.85. The molecule has 2 rings (SSSR count). The molecule has 0 amide bonds. The van der Waals surface area contributed by atoms with Gasteiger partial charge in [0.2, 0.25) is 0 Å². The van der Waals surface area contributed by atoms with E-state index in [1.807, 2.05) is 0 Å². The molecule has 0 bridgehead atoms. The van der Waals surface area contributed by atoms with Crippen LogP contribution in [0.1, 0.15) is 34.3 Å². The Morgan fingerprint density at radius 3 is 2.67 bits per heavy atom. The largest absolute Gasteiger partial charge is 0.330 e. The quantitative estimate of drug-likeness (QED) is 0.768. The second-order valence-electron chi connectivity index (χ2n) is 3.92. The maximum absolute atomic E-state index is 13.6. The highest BCUT2D eigenvalue weighted by atomic mass is 19.1. The molecule has 0 aliphatic heterocycles. The molecule has 1 aromatic rings. The zero-order chi connectivity index (χ0) is 10.8. The van der Waals surface area contributed by atoms with E-state index in [1.54, 1.807) is 6.07 Å². The monoisotopic (exact) mass is 207 g/mol. The van der Waals surface area contributed by atoms with Crippen molar-refractivity contribution in [3.8, 4) is 0 Å². The summed E-state index contributed by atoms with van der Waals surface area (Å²) in [6.07, 6.45) is 3.16. The number of carbonyl (C=O) groups is 1. The van der Waals surface area contributed by atoms with Crippen LogP contribution in [-0.4, -0.2) is 12.3 Å². The summed E-state index contributed by atoms with van der Waals surface area (Å²) in [5, 5.41) is 0. The summed E-state index contributed by atoms with van der Waals surface area (Å²) in [6.45, 7) is 0.273. The summed E-state index contributed by atoms with van der Waals surface area (Å²) in [4.78, 5) is 11.5. The molecule has 1 aliphatic rings. The number of benzene rings is 1. The van der Waals surface area contributed by atoms with Crippen molar-refractivity contribution < 1.29 is 9.18 Å². The molecule has 3 heteroatoms. The average Bonchev–Trinajstić information content (AvgIpc) is 2.63. The fraction of sp³-hybridized carbons (Fsp3) is 0.417. The van der Waals surface area contributed by atoms with Crippen LogP contribution in [0.3, 0.4) is 0 Å². The van der Waals surface area contributed by atoms with Crippen molar-refractivity contribution >= 4 is 5.78 Å². The molecule has 0 aromatic heterocycles. The minimum atomic E-state index is -0.394. The van der Waals surface area contributed by atoms with Crippen LogP contribution < -0.4 is 5.73 Å². The van der Waals surface area contributed by atoms with E-state index < -0.39 is 5.82 Å². The summed E-state index contributed by atoms with van der Waals surface area (Å²) >= 11 is 0. The second kappa shape index (κ2) is 4.11. The number of aryl methyl sites for hydroxylation is 2. The van der Waals surface area contributed by atoms with Crippen molar-refractivity contribution in [3.05, 3.63) is 34.6 Å². The molecule has 1 aliphatic carbocycles. The lowest BCUT2D eigenvalue weighted by Gasteiger charge is -2.05. The van der Waals surface area contributed by atoms with Crippen LogP contribution in [0.15, 0.2) is 12.1 Å². The van der Waals surface area contributed by atoms with Gasteiger partial charge in [0.15, 0.2) is 5.78 Å². The van der Waals surface area contributed by atoms with Crippen LogP contribution >= 0.6 is 0 Å². The Kier molecular flexibility index (Phi) is 2.82. The van der Waals surface area contributed by atoms with Gasteiger partial charge in [0, 0.05) is 6.42 Å². The summed E-state index contributed by atoms with van der Waals surface area (Å²) < 4.78 is 13.6. The summed E-state index contributed by atoms with van der Waals surface area (Å²) in [5.41, 5.74) is 7.67. The Morgan fingerprint density at radius 1 is 1.33 bits per heavy atom. The Morgan fingerprint density at radius 2 is 2.00 bits per heavy atom. The molecule has 0 saturated carbocycles. The van der Waals surface area contributed by atoms with Crippen molar-refractivity contribution in [2.45, 2.75) is 25.7 Å². The van der Waals surface area contributed by atoms with E-state index in [0.29, 0.717) is 0 Å². The number of hydrogen-bond donors (Lipinski definition) is 1. The van der Waals surface area contributed by atoms with Gasteiger partial charge in [-0.3, -0.25) is 4.79 Å². The van der Waals surface area contributed by atoms with Crippen molar-refractivity contribution in [2.75, 3.05) is 6.54 Å². The molecular weight excluding hydrogens is 193 g/mol. The molecule has 15 heavy (non-hydrogen) atoms. The van der Waals surface area contributed by atoms with Crippen molar-refractivity contribution in [3.63, 3.8) is 0 Å². The van der Waals surface area contributed by atoms with Gasteiger partial charge in [0.1, 0.15) is 5.82 Å². The van der Waals surface area contributed by atoms with Crippen molar-refractivity contribution in [1.29, 1.82) is 0 Å². The van der Waals surface area contributed by atoms with E-state index in [2.05, 4.69) is 0 Å². The van der Waals surface area contributed by atoms with E-state index in [1.165, 1.54) is 6.07 Å². The predicted molar refractivity (Wildman–Crippen MR) is 56.4 cm³/mol. The Balaban J connectivity index is 2.36. The number of carbonyl (C=O) groups excluding carboxylic acids is 1. The molecule has 0 fully saturated rings. The van der Waals surface area contributed by atoms with Gasteiger partial charge in [-0.1, -0.05) is 0 Å². The van der Waals surface area contributed by atoms with Gasteiger partial charge in [0.25, 0.3) is 0 Å². The summed E-state index contributed by atoms with van der Waals surface area (Å²) in [5.74, 6) is -0.584. The molecule has 0 unspecified atom stereocenters. The normalized spacial score (nSPS) is 14.0. The first-order valence-electron chi connectivity index (χ1n) is 5.27. The molecule has 80 valence electrons. The minimum absolute atomic E-state index is 0.190. The lowest BCUT2D eigenvalue weighted by Crippen LogP contribution is -2.10. The highest BCUT2D eigenvalue weighted by molar-refractivity contribution is 5.96. The van der Waals surface area contributed by atoms with Crippen molar-refractivity contribution in [2.24, 2.45) is 5.73 Å². The van der Waals surface area contributed by atoms with Gasteiger partial charge in [-0.2, -0.15) is 0 Å². The van der Waals surface area contributed by atoms with E-state index in [4.69, 9.17) is 5.73 Å². The fourth-order valence-electron chi connectivity index (χ4n) is 2.07. The van der Waals surface area contributed by atoms with Crippen LogP contribution in [0.25, 0.3) is 0 Å². The topological polar surface area (TPSA) is 43.1 Å². The number of fused-ring (bicyclic) bond motifs is 1. The van der Waals surface area contributed by atoms with Crippen LogP contribution in [0, 0.1) is 5.82 Å². The zero-order valence-corrected chi connectivity index (χ0v) is 8.55. The Bertz CT molecular complexity index is 401. The molecule has 2 N–H and O–H groups in total. The van der Waals surface area contributed by atoms with E-state index in [-0.39, 0.29) is 24.3 Å². The van der Waals surface area contributed by atoms with Crippen molar-refractivity contribution in [1.82, 2.24) is 0 Å². The maximum atomic E-state index is 13.6. The lowest BCUT2D eigenvalue weighted by atomic mass is 10.0. The third-order valence-corrected chi connectivity index (χ3v) is 2.85. The number of nitrogens with two attached hydrogens (primary N) is 1. The number of ketones is 1. The van der Waals surface area contributed by atoms with Gasteiger partial charge < -0.3 is 5.73 Å². The van der Waals surface area contributed by atoms with Gasteiger partial charge >= 0.3 is 0 Å². The van der Waals surface area contributed by atoms with Gasteiger partial charge in [-0.15, -0.1) is 0 Å². The second-order valence-corrected chi connectivity index (χ2v) is 3.92.